The summed E-state index contributed by atoms with van der Waals surface area (Å²) in [7, 11) is 0. The van der Waals surface area contributed by atoms with Gasteiger partial charge in [0.05, 0.1) is 16.9 Å². The number of fused-ring (bicyclic) bond motifs is 1. The molecule has 36 heavy (non-hydrogen) atoms. The molecular formula is C25H29ClFN7O2. The molecule has 3 aromatic heterocycles. The van der Waals surface area contributed by atoms with Crippen LogP contribution in [0.15, 0.2) is 29.2 Å². The summed E-state index contributed by atoms with van der Waals surface area (Å²) in [5.74, 6) is -0.739. The molecule has 0 bridgehead atoms. The number of halogens is 2. The molecule has 3 aromatic rings. The standard InChI is InChI=1S/C25H29ClFN7O2/c1-2-16-13-17-14-28-19(21(27)22(17)30-24(16)35)15-32-9-11-33(12-10-32)20-6-5-18(29-23(20)26)25(36)31-34-7-3-4-8-34/h5-6,13-14H,2-4,7-12,15H2,1H3,(H,30,35)(H,31,36). The molecule has 2 saturated heterocycles. The number of nitrogens with zero attached hydrogens (tertiary/aromatic N) is 5. The first-order valence-electron chi connectivity index (χ1n) is 12.3. The Bertz CT molecular complexity index is 1330. The van der Waals surface area contributed by atoms with Crippen LogP contribution in [-0.2, 0) is 13.0 Å². The van der Waals surface area contributed by atoms with Gasteiger partial charge in [-0.25, -0.2) is 14.4 Å². The highest BCUT2D eigenvalue weighted by Gasteiger charge is 2.23. The van der Waals surface area contributed by atoms with Crippen LogP contribution in [0.3, 0.4) is 0 Å². The van der Waals surface area contributed by atoms with Gasteiger partial charge in [0.2, 0.25) is 0 Å². The van der Waals surface area contributed by atoms with Gasteiger partial charge in [-0.1, -0.05) is 18.5 Å². The van der Waals surface area contributed by atoms with Crippen LogP contribution >= 0.6 is 11.6 Å². The summed E-state index contributed by atoms with van der Waals surface area (Å²) in [6, 6.07) is 5.22. The monoisotopic (exact) mass is 513 g/mol. The molecule has 5 rings (SSSR count). The first-order valence-corrected chi connectivity index (χ1v) is 12.7. The van der Waals surface area contributed by atoms with Crippen LogP contribution in [0, 0.1) is 5.82 Å². The van der Waals surface area contributed by atoms with E-state index in [9.17, 15) is 9.59 Å². The SMILES string of the molecule is CCc1cc2cnc(CN3CCN(c4ccc(C(=O)NN5CCCC5)nc4Cl)CC3)c(F)c2[nH]c1=O. The van der Waals surface area contributed by atoms with Crippen LogP contribution in [0.1, 0.15) is 41.5 Å². The van der Waals surface area contributed by atoms with E-state index in [-0.39, 0.29) is 27.8 Å². The molecule has 0 radical (unpaired) electrons. The number of aromatic nitrogens is 3. The molecule has 5 heterocycles. The second-order valence-corrected chi connectivity index (χ2v) is 9.59. The molecule has 11 heteroatoms. The third-order valence-corrected chi connectivity index (χ3v) is 7.15. The van der Waals surface area contributed by atoms with Crippen molar-refractivity contribution >= 4 is 34.1 Å². The topological polar surface area (TPSA) is 97.5 Å². The van der Waals surface area contributed by atoms with Crippen molar-refractivity contribution in [3.05, 3.63) is 62.7 Å². The Kier molecular flexibility index (Phi) is 7.17. The van der Waals surface area contributed by atoms with Gasteiger partial charge in [0.15, 0.2) is 11.0 Å². The normalized spacial score (nSPS) is 17.1. The summed E-state index contributed by atoms with van der Waals surface area (Å²) < 4.78 is 15.1. The third-order valence-electron chi connectivity index (χ3n) is 6.88. The maximum absolute atomic E-state index is 15.1. The summed E-state index contributed by atoms with van der Waals surface area (Å²) in [5.41, 5.74) is 4.79. The van der Waals surface area contributed by atoms with Crippen LogP contribution in [0.5, 0.6) is 0 Å². The van der Waals surface area contributed by atoms with Gasteiger partial charge in [0.1, 0.15) is 5.69 Å². The van der Waals surface area contributed by atoms with E-state index >= 15 is 4.39 Å². The Morgan fingerprint density at radius 2 is 1.92 bits per heavy atom. The van der Waals surface area contributed by atoms with E-state index in [1.165, 1.54) is 0 Å². The summed E-state index contributed by atoms with van der Waals surface area (Å²) >= 11 is 6.45. The zero-order chi connectivity index (χ0) is 25.2. The van der Waals surface area contributed by atoms with E-state index in [4.69, 9.17) is 11.6 Å². The molecule has 0 saturated carbocycles. The molecule has 1 amide bonds. The summed E-state index contributed by atoms with van der Waals surface area (Å²) in [5, 5.41) is 2.78. The zero-order valence-electron chi connectivity index (χ0n) is 20.2. The van der Waals surface area contributed by atoms with Gasteiger partial charge in [-0.2, -0.15) is 0 Å². The summed E-state index contributed by atoms with van der Waals surface area (Å²) in [6.07, 6.45) is 4.34. The van der Waals surface area contributed by atoms with Crippen molar-refractivity contribution in [2.24, 2.45) is 0 Å². The second-order valence-electron chi connectivity index (χ2n) is 9.23. The number of H-pyrrole nitrogens is 1. The number of piperazine rings is 1. The average molecular weight is 514 g/mol. The van der Waals surface area contributed by atoms with E-state index in [0.29, 0.717) is 55.8 Å². The van der Waals surface area contributed by atoms with E-state index < -0.39 is 5.82 Å². The quantitative estimate of drug-likeness (QED) is 0.489. The molecule has 190 valence electrons. The lowest BCUT2D eigenvalue weighted by atomic mass is 10.1. The smallest absolute Gasteiger partial charge is 0.284 e. The van der Waals surface area contributed by atoms with Crippen molar-refractivity contribution in [2.45, 2.75) is 32.7 Å². The maximum Gasteiger partial charge on any atom is 0.284 e. The predicted molar refractivity (Wildman–Crippen MR) is 137 cm³/mol. The minimum atomic E-state index is -0.482. The Balaban J connectivity index is 1.22. The molecule has 0 unspecified atom stereocenters. The molecular weight excluding hydrogens is 485 g/mol. The predicted octanol–water partition coefficient (Wildman–Crippen LogP) is 2.74. The first-order chi connectivity index (χ1) is 17.4. The molecule has 2 N–H and O–H groups in total. The van der Waals surface area contributed by atoms with E-state index in [2.05, 4.69) is 30.2 Å². The molecule has 9 nitrogen and oxygen atoms in total. The van der Waals surface area contributed by atoms with E-state index in [1.807, 2.05) is 18.0 Å². The fourth-order valence-corrected chi connectivity index (χ4v) is 5.05. The van der Waals surface area contributed by atoms with Crippen LogP contribution in [-0.4, -0.2) is 70.0 Å². The number of carbonyl (C=O) groups is 1. The van der Waals surface area contributed by atoms with Crippen LogP contribution < -0.4 is 15.9 Å². The highest BCUT2D eigenvalue weighted by molar-refractivity contribution is 6.32. The lowest BCUT2D eigenvalue weighted by molar-refractivity contribution is 0.0820. The van der Waals surface area contributed by atoms with Crippen molar-refractivity contribution in [2.75, 3.05) is 44.2 Å². The third kappa shape index (κ3) is 5.07. The molecule has 0 atom stereocenters. The number of hydrogen-bond acceptors (Lipinski definition) is 7. The van der Waals surface area contributed by atoms with Crippen molar-refractivity contribution in [3.63, 3.8) is 0 Å². The van der Waals surface area contributed by atoms with E-state index in [1.54, 1.807) is 18.3 Å². The van der Waals surface area contributed by atoms with Gasteiger partial charge in [-0.05, 0) is 37.5 Å². The van der Waals surface area contributed by atoms with Gasteiger partial charge >= 0.3 is 0 Å². The minimum absolute atomic E-state index is 0.201. The average Bonchev–Trinajstić information content (AvgIpc) is 3.39. The molecule has 2 fully saturated rings. The number of rotatable bonds is 6. The maximum atomic E-state index is 15.1. The van der Waals surface area contributed by atoms with Gasteiger partial charge in [0.25, 0.3) is 11.5 Å². The highest BCUT2D eigenvalue weighted by atomic mass is 35.5. The number of aromatic amines is 1. The van der Waals surface area contributed by atoms with Crippen molar-refractivity contribution in [1.29, 1.82) is 0 Å². The molecule has 2 aliphatic rings. The summed E-state index contributed by atoms with van der Waals surface area (Å²) in [6.45, 7) is 6.62. The fraction of sp³-hybridized carbons (Fsp3) is 0.440. The fourth-order valence-electron chi connectivity index (χ4n) is 4.77. The molecule has 2 aliphatic heterocycles. The molecule has 0 aliphatic carbocycles. The van der Waals surface area contributed by atoms with Crippen LogP contribution in [0.2, 0.25) is 5.15 Å². The van der Waals surface area contributed by atoms with Crippen molar-refractivity contribution in [1.82, 2.24) is 30.3 Å². The summed E-state index contributed by atoms with van der Waals surface area (Å²) in [4.78, 5) is 40.2. The Hall–Kier alpha value is -3.08. The number of hydrazine groups is 1. The molecule has 0 aromatic carbocycles. The van der Waals surface area contributed by atoms with Crippen molar-refractivity contribution in [3.8, 4) is 0 Å². The Morgan fingerprint density at radius 3 is 2.61 bits per heavy atom. The van der Waals surface area contributed by atoms with Crippen LogP contribution in [0.4, 0.5) is 10.1 Å². The molecule has 0 spiro atoms. The lowest BCUT2D eigenvalue weighted by Gasteiger charge is -2.36. The number of carbonyl (C=O) groups excluding carboxylic acids is 1. The highest BCUT2D eigenvalue weighted by Crippen LogP contribution is 2.26. The Labute approximate surface area is 213 Å². The van der Waals surface area contributed by atoms with Gasteiger partial charge in [0, 0.05) is 63.0 Å². The number of hydrogen-bond donors (Lipinski definition) is 2. The minimum Gasteiger partial charge on any atom is -0.366 e. The number of nitrogens with one attached hydrogen (secondary N) is 2. The van der Waals surface area contributed by atoms with E-state index in [0.717, 1.165) is 31.6 Å². The largest absolute Gasteiger partial charge is 0.366 e. The lowest BCUT2D eigenvalue weighted by Crippen LogP contribution is -2.46. The second kappa shape index (κ2) is 10.5. The number of pyridine rings is 3. The van der Waals surface area contributed by atoms with Gasteiger partial charge in [-0.3, -0.25) is 24.9 Å². The van der Waals surface area contributed by atoms with Crippen LogP contribution in [0.25, 0.3) is 10.9 Å². The van der Waals surface area contributed by atoms with Gasteiger partial charge < -0.3 is 9.88 Å². The number of amides is 1. The first kappa shape index (κ1) is 24.6. The van der Waals surface area contributed by atoms with Gasteiger partial charge in [-0.15, -0.1) is 0 Å². The Morgan fingerprint density at radius 1 is 1.17 bits per heavy atom. The van der Waals surface area contributed by atoms with Crippen molar-refractivity contribution < 1.29 is 9.18 Å². The zero-order valence-corrected chi connectivity index (χ0v) is 20.9. The number of aryl methyl sites for hydroxylation is 1. The number of anilines is 1.